The molecule has 0 aliphatic heterocycles. The van der Waals surface area contributed by atoms with Crippen LogP contribution in [-0.4, -0.2) is 42.8 Å². The summed E-state index contributed by atoms with van der Waals surface area (Å²) in [6.45, 7) is 1.48. The molecule has 1 aromatic carbocycles. The first-order valence-electron chi connectivity index (χ1n) is 5.77. The summed E-state index contributed by atoms with van der Waals surface area (Å²) < 4.78 is 9.97. The maximum atomic E-state index is 11.9. The van der Waals surface area contributed by atoms with Crippen LogP contribution in [0.5, 0.6) is 11.5 Å². The van der Waals surface area contributed by atoms with Crippen molar-refractivity contribution in [2.75, 3.05) is 20.8 Å². The summed E-state index contributed by atoms with van der Waals surface area (Å²) in [7, 11) is 2.70. The van der Waals surface area contributed by atoms with E-state index in [1.54, 1.807) is 0 Å². The van der Waals surface area contributed by atoms with E-state index in [-0.39, 0.29) is 23.6 Å². The molecular weight excluding hydrogens is 268 g/mol. The molecule has 20 heavy (non-hydrogen) atoms. The summed E-state index contributed by atoms with van der Waals surface area (Å²) in [5.41, 5.74) is -0.556. The summed E-state index contributed by atoms with van der Waals surface area (Å²) in [5.74, 6) is -0.301. The largest absolute Gasteiger partial charge is 0.493 e. The molecule has 0 radical (unpaired) electrons. The van der Waals surface area contributed by atoms with Gasteiger partial charge in [0.05, 0.1) is 31.3 Å². The van der Waals surface area contributed by atoms with E-state index in [1.807, 2.05) is 0 Å². The Labute approximate surface area is 115 Å². The van der Waals surface area contributed by atoms with Crippen molar-refractivity contribution in [1.29, 1.82) is 0 Å². The van der Waals surface area contributed by atoms with Crippen LogP contribution in [0.25, 0.3) is 0 Å². The minimum absolute atomic E-state index is 0.00959. The van der Waals surface area contributed by atoms with Crippen LogP contribution in [0.1, 0.15) is 17.3 Å². The molecule has 0 bridgehead atoms. The maximum absolute atomic E-state index is 11.9. The lowest BCUT2D eigenvalue weighted by atomic mass is 10.1. The van der Waals surface area contributed by atoms with E-state index in [2.05, 4.69) is 5.32 Å². The Morgan fingerprint density at radius 2 is 1.95 bits per heavy atom. The number of nitrogens with zero attached hydrogens (tertiary/aromatic N) is 1. The Bertz CT molecular complexity index is 515. The number of aliphatic hydroxyl groups excluding tert-OH is 1. The molecule has 0 aromatic heterocycles. The highest BCUT2D eigenvalue weighted by Gasteiger charge is 2.24. The number of hydrogen-bond donors (Lipinski definition) is 2. The van der Waals surface area contributed by atoms with Crippen LogP contribution in [0, 0.1) is 10.1 Å². The van der Waals surface area contributed by atoms with Crippen LogP contribution < -0.4 is 14.8 Å². The van der Waals surface area contributed by atoms with Crippen LogP contribution in [0.4, 0.5) is 5.69 Å². The zero-order valence-electron chi connectivity index (χ0n) is 11.4. The SMILES string of the molecule is COc1cc(C(=O)NC[C@H](C)O)c([N+](=O)[O-])cc1OC. The molecule has 0 saturated carbocycles. The van der Waals surface area contributed by atoms with Crippen LogP contribution in [-0.2, 0) is 0 Å². The molecule has 1 atom stereocenters. The molecule has 2 N–H and O–H groups in total. The number of rotatable bonds is 6. The highest BCUT2D eigenvalue weighted by Crippen LogP contribution is 2.34. The number of amides is 1. The molecule has 1 rings (SSSR count). The van der Waals surface area contributed by atoms with Crippen molar-refractivity contribution >= 4 is 11.6 Å². The second kappa shape index (κ2) is 6.71. The topological polar surface area (TPSA) is 111 Å². The number of benzene rings is 1. The van der Waals surface area contributed by atoms with Gasteiger partial charge in [-0.25, -0.2) is 0 Å². The third kappa shape index (κ3) is 3.58. The number of carbonyl (C=O) groups excluding carboxylic acids is 1. The zero-order chi connectivity index (χ0) is 15.3. The Balaban J connectivity index is 3.21. The lowest BCUT2D eigenvalue weighted by Gasteiger charge is -2.11. The fourth-order valence-corrected chi connectivity index (χ4v) is 1.54. The number of nitrogens with one attached hydrogen (secondary N) is 1. The number of carbonyl (C=O) groups is 1. The van der Waals surface area contributed by atoms with Crippen molar-refractivity contribution in [3.63, 3.8) is 0 Å². The quantitative estimate of drug-likeness (QED) is 0.588. The third-order valence-electron chi connectivity index (χ3n) is 2.50. The molecule has 8 heteroatoms. The van der Waals surface area contributed by atoms with Gasteiger partial charge < -0.3 is 19.9 Å². The Morgan fingerprint density at radius 1 is 1.40 bits per heavy atom. The first-order valence-corrected chi connectivity index (χ1v) is 5.77. The molecule has 8 nitrogen and oxygen atoms in total. The molecule has 0 unspecified atom stereocenters. The van der Waals surface area contributed by atoms with E-state index in [4.69, 9.17) is 14.6 Å². The zero-order valence-corrected chi connectivity index (χ0v) is 11.4. The van der Waals surface area contributed by atoms with Gasteiger partial charge in [0.1, 0.15) is 5.56 Å². The van der Waals surface area contributed by atoms with Crippen LogP contribution in [0.15, 0.2) is 12.1 Å². The van der Waals surface area contributed by atoms with E-state index in [0.717, 1.165) is 6.07 Å². The molecule has 0 saturated heterocycles. The van der Waals surface area contributed by atoms with Gasteiger partial charge in [0.15, 0.2) is 11.5 Å². The Morgan fingerprint density at radius 3 is 2.40 bits per heavy atom. The van der Waals surface area contributed by atoms with Crippen molar-refractivity contribution in [3.8, 4) is 11.5 Å². The van der Waals surface area contributed by atoms with Gasteiger partial charge in [-0.05, 0) is 6.92 Å². The van der Waals surface area contributed by atoms with Crippen molar-refractivity contribution in [2.45, 2.75) is 13.0 Å². The minimum Gasteiger partial charge on any atom is -0.493 e. The average molecular weight is 284 g/mol. The second-order valence-corrected chi connectivity index (χ2v) is 4.04. The van der Waals surface area contributed by atoms with Gasteiger partial charge >= 0.3 is 0 Å². The smallest absolute Gasteiger partial charge is 0.286 e. The van der Waals surface area contributed by atoms with Gasteiger partial charge in [0.25, 0.3) is 11.6 Å². The lowest BCUT2D eigenvalue weighted by Crippen LogP contribution is -2.31. The summed E-state index contributed by atoms with van der Waals surface area (Å²) >= 11 is 0. The normalized spacial score (nSPS) is 11.6. The van der Waals surface area contributed by atoms with Gasteiger partial charge in [-0.1, -0.05) is 0 Å². The summed E-state index contributed by atoms with van der Waals surface area (Å²) in [4.78, 5) is 22.2. The van der Waals surface area contributed by atoms with Gasteiger partial charge in [0, 0.05) is 12.6 Å². The van der Waals surface area contributed by atoms with Crippen LogP contribution in [0.2, 0.25) is 0 Å². The van der Waals surface area contributed by atoms with Crippen molar-refractivity contribution < 1.29 is 24.3 Å². The number of methoxy groups -OCH3 is 2. The number of aliphatic hydroxyl groups is 1. The lowest BCUT2D eigenvalue weighted by molar-refractivity contribution is -0.385. The molecule has 0 aliphatic carbocycles. The van der Waals surface area contributed by atoms with E-state index < -0.39 is 22.6 Å². The van der Waals surface area contributed by atoms with E-state index >= 15 is 0 Å². The van der Waals surface area contributed by atoms with Crippen molar-refractivity contribution in [1.82, 2.24) is 5.32 Å². The van der Waals surface area contributed by atoms with Crippen LogP contribution in [0.3, 0.4) is 0 Å². The fraction of sp³-hybridized carbons (Fsp3) is 0.417. The molecule has 0 heterocycles. The third-order valence-corrected chi connectivity index (χ3v) is 2.50. The van der Waals surface area contributed by atoms with Crippen LogP contribution >= 0.6 is 0 Å². The predicted molar refractivity (Wildman–Crippen MR) is 70.2 cm³/mol. The van der Waals surface area contributed by atoms with Gasteiger partial charge in [-0.3, -0.25) is 14.9 Å². The summed E-state index contributed by atoms with van der Waals surface area (Å²) in [6, 6.07) is 2.35. The summed E-state index contributed by atoms with van der Waals surface area (Å²) in [6.07, 6.45) is -0.752. The van der Waals surface area contributed by atoms with E-state index in [9.17, 15) is 14.9 Å². The number of hydrogen-bond acceptors (Lipinski definition) is 6. The standard InChI is InChI=1S/C12H16N2O6/c1-7(15)6-13-12(16)8-4-10(19-2)11(20-3)5-9(8)14(17)18/h4-5,7,15H,6H2,1-3H3,(H,13,16)/t7-/m0/s1. The average Bonchev–Trinajstić information content (AvgIpc) is 2.42. The van der Waals surface area contributed by atoms with Gasteiger partial charge in [0.2, 0.25) is 0 Å². The predicted octanol–water partition coefficient (Wildman–Crippen LogP) is 0.723. The van der Waals surface area contributed by atoms with E-state index in [1.165, 1.54) is 27.2 Å². The summed E-state index contributed by atoms with van der Waals surface area (Å²) in [5, 5.41) is 22.5. The number of ether oxygens (including phenoxy) is 2. The van der Waals surface area contributed by atoms with Gasteiger partial charge in [-0.2, -0.15) is 0 Å². The molecule has 1 amide bonds. The minimum atomic E-state index is -0.752. The van der Waals surface area contributed by atoms with Gasteiger partial charge in [-0.15, -0.1) is 0 Å². The molecule has 0 aliphatic rings. The first-order chi connectivity index (χ1) is 9.40. The van der Waals surface area contributed by atoms with Crippen molar-refractivity contribution in [2.24, 2.45) is 0 Å². The first kappa shape index (κ1) is 15.7. The van der Waals surface area contributed by atoms with Crippen molar-refractivity contribution in [3.05, 3.63) is 27.8 Å². The highest BCUT2D eigenvalue weighted by molar-refractivity contribution is 5.99. The highest BCUT2D eigenvalue weighted by atomic mass is 16.6. The molecule has 0 spiro atoms. The number of nitro benzene ring substituents is 1. The Kier molecular flexibility index (Phi) is 5.27. The molecular formula is C12H16N2O6. The fourth-order valence-electron chi connectivity index (χ4n) is 1.54. The second-order valence-electron chi connectivity index (χ2n) is 4.04. The molecule has 0 fully saturated rings. The monoisotopic (exact) mass is 284 g/mol. The van der Waals surface area contributed by atoms with E-state index in [0.29, 0.717) is 0 Å². The molecule has 1 aromatic rings. The Hall–Kier alpha value is -2.35. The number of nitro groups is 1. The maximum Gasteiger partial charge on any atom is 0.286 e. The molecule has 110 valence electrons.